The number of nitrogen functional groups attached to an aromatic ring is 1. The molecule has 4 rings (SSSR count). The lowest BCUT2D eigenvalue weighted by atomic mass is 10.1. The van der Waals surface area contributed by atoms with Crippen LogP contribution in [0.2, 0.25) is 0 Å². The lowest BCUT2D eigenvalue weighted by molar-refractivity contribution is -0.385. The molecule has 0 spiro atoms. The summed E-state index contributed by atoms with van der Waals surface area (Å²) in [4.78, 5) is 74.7. The number of carbonyl (C=O) groups excluding carboxylic acids is 1. The Morgan fingerprint density at radius 2 is 1.89 bits per heavy atom. The molecule has 1 aromatic carbocycles. The summed E-state index contributed by atoms with van der Waals surface area (Å²) in [5.74, 6) is -1.10. The molecule has 1 aliphatic rings. The minimum atomic E-state index is -5.87. The number of aryl methyl sites for hydroxylation is 1. The van der Waals surface area contributed by atoms with Crippen LogP contribution in [-0.4, -0.2) is 80.0 Å². The van der Waals surface area contributed by atoms with E-state index in [0.29, 0.717) is 0 Å². The zero-order valence-electron chi connectivity index (χ0n) is 23.0. The molecule has 47 heavy (non-hydrogen) atoms. The topological polar surface area (TPSA) is 377 Å². The average molecular weight is 725 g/mol. The van der Waals surface area contributed by atoms with Crippen LogP contribution >= 0.6 is 23.5 Å². The Morgan fingerprint density at radius 3 is 2.55 bits per heavy atom. The molecule has 28 heteroatoms. The van der Waals surface area contributed by atoms with Crippen molar-refractivity contribution in [3.05, 3.63) is 57.0 Å². The number of rotatable bonds is 14. The molecule has 0 bridgehead atoms. The van der Waals surface area contributed by atoms with E-state index in [1.807, 2.05) is 0 Å². The molecular formula is C19H22N9O16P3. The van der Waals surface area contributed by atoms with Gasteiger partial charge in [-0.15, -0.1) is 0 Å². The Balaban J connectivity index is 1.54. The van der Waals surface area contributed by atoms with Gasteiger partial charge in [-0.2, -0.15) is 8.62 Å². The fraction of sp³-hybridized carbons (Fsp3) is 0.368. The van der Waals surface area contributed by atoms with Gasteiger partial charge in [-0.25, -0.2) is 28.6 Å². The van der Waals surface area contributed by atoms with Gasteiger partial charge in [-0.1, -0.05) is 17.2 Å². The Kier molecular flexibility index (Phi) is 10.7. The van der Waals surface area contributed by atoms with Crippen molar-refractivity contribution >= 4 is 57.8 Å². The van der Waals surface area contributed by atoms with Crippen molar-refractivity contribution in [2.24, 2.45) is 5.11 Å². The SMILES string of the molecule is [N-]=[N+]=Nc1ccc(CCC(=O)OC2C(COP(=O)(O)OP(=O)(O)OP(=O)(O)O)OC(n3cnc4c(N)ncnc43)C2O)c([N+](=O)[O-])c1. The molecule has 1 fully saturated rings. The van der Waals surface area contributed by atoms with Crippen molar-refractivity contribution in [3.8, 4) is 0 Å². The van der Waals surface area contributed by atoms with Crippen LogP contribution in [0.5, 0.6) is 0 Å². The number of phosphoric acid groups is 3. The summed E-state index contributed by atoms with van der Waals surface area (Å²) in [6, 6.07) is 3.52. The van der Waals surface area contributed by atoms with Gasteiger partial charge in [0.15, 0.2) is 23.8 Å². The third kappa shape index (κ3) is 9.12. The van der Waals surface area contributed by atoms with E-state index in [1.54, 1.807) is 0 Å². The molecule has 0 aliphatic carbocycles. The number of nitro benzene ring substituents is 1. The lowest BCUT2D eigenvalue weighted by Crippen LogP contribution is -2.38. The molecule has 254 valence electrons. The van der Waals surface area contributed by atoms with E-state index in [1.165, 1.54) is 12.1 Å². The zero-order chi connectivity index (χ0) is 34.7. The Hall–Kier alpha value is -3.92. The van der Waals surface area contributed by atoms with E-state index in [-0.39, 0.29) is 34.7 Å². The second-order valence-electron chi connectivity index (χ2n) is 9.24. The van der Waals surface area contributed by atoms with Crippen LogP contribution in [0.15, 0.2) is 36.0 Å². The highest BCUT2D eigenvalue weighted by molar-refractivity contribution is 7.66. The highest BCUT2D eigenvalue weighted by Crippen LogP contribution is 2.66. The summed E-state index contributed by atoms with van der Waals surface area (Å²) < 4.78 is 59.0. The number of benzene rings is 1. The van der Waals surface area contributed by atoms with Crippen molar-refractivity contribution < 1.29 is 70.7 Å². The predicted molar refractivity (Wildman–Crippen MR) is 150 cm³/mol. The van der Waals surface area contributed by atoms with E-state index < -0.39 is 77.6 Å². The Bertz CT molecular complexity index is 1880. The number of carbonyl (C=O) groups is 1. The fourth-order valence-corrected chi connectivity index (χ4v) is 7.28. The van der Waals surface area contributed by atoms with Gasteiger partial charge in [0.25, 0.3) is 5.69 Å². The maximum absolute atomic E-state index is 12.9. The number of anilines is 1. The molecule has 1 saturated heterocycles. The fourth-order valence-electron chi connectivity index (χ4n) is 4.25. The van der Waals surface area contributed by atoms with Crippen molar-refractivity contribution in [1.82, 2.24) is 19.5 Å². The minimum Gasteiger partial charge on any atom is -0.457 e. The second kappa shape index (κ2) is 14.1. The minimum absolute atomic E-state index is 0.0386. The van der Waals surface area contributed by atoms with Crippen LogP contribution in [0.25, 0.3) is 21.6 Å². The number of fused-ring (bicyclic) bond motifs is 1. The van der Waals surface area contributed by atoms with Crippen LogP contribution in [0.4, 0.5) is 17.2 Å². The summed E-state index contributed by atoms with van der Waals surface area (Å²) in [6.07, 6.45) is -5.25. The van der Waals surface area contributed by atoms with Crippen molar-refractivity contribution in [2.75, 3.05) is 12.3 Å². The molecule has 0 saturated carbocycles. The van der Waals surface area contributed by atoms with Gasteiger partial charge >= 0.3 is 29.4 Å². The summed E-state index contributed by atoms with van der Waals surface area (Å²) in [5, 5.41) is 25.9. The number of hydrogen-bond acceptors (Lipinski definition) is 17. The Labute approximate surface area is 260 Å². The maximum atomic E-state index is 12.9. The van der Waals surface area contributed by atoms with Crippen molar-refractivity contribution in [2.45, 2.75) is 37.4 Å². The number of aliphatic hydroxyl groups is 1. The van der Waals surface area contributed by atoms with Gasteiger partial charge in [-0.05, 0) is 12.0 Å². The first-order valence-electron chi connectivity index (χ1n) is 12.5. The van der Waals surface area contributed by atoms with Gasteiger partial charge in [0.1, 0.15) is 24.1 Å². The number of esters is 1. The van der Waals surface area contributed by atoms with Gasteiger partial charge in [-0.3, -0.25) is 24.0 Å². The molecule has 7 N–H and O–H groups in total. The van der Waals surface area contributed by atoms with Crippen molar-refractivity contribution in [3.63, 3.8) is 0 Å². The molecular weight excluding hydrogens is 703 g/mol. The lowest BCUT2D eigenvalue weighted by Gasteiger charge is -2.22. The molecule has 0 amide bonds. The number of nitro groups is 1. The number of ether oxygens (including phenoxy) is 2. The summed E-state index contributed by atoms with van der Waals surface area (Å²) in [6.45, 7) is -1.12. The first-order chi connectivity index (χ1) is 21.9. The van der Waals surface area contributed by atoms with Gasteiger partial charge in [0.05, 0.1) is 17.9 Å². The predicted octanol–water partition coefficient (Wildman–Crippen LogP) is 1.40. The molecule has 0 radical (unpaired) electrons. The molecule has 3 aromatic rings. The summed E-state index contributed by atoms with van der Waals surface area (Å²) >= 11 is 0. The van der Waals surface area contributed by atoms with Gasteiger partial charge in [0.2, 0.25) is 0 Å². The monoisotopic (exact) mass is 725 g/mol. The van der Waals surface area contributed by atoms with E-state index in [2.05, 4.69) is 38.1 Å². The number of imidazole rings is 1. The van der Waals surface area contributed by atoms with Crippen LogP contribution in [0.3, 0.4) is 0 Å². The van der Waals surface area contributed by atoms with Crippen LogP contribution in [0.1, 0.15) is 18.2 Å². The van der Waals surface area contributed by atoms with Crippen LogP contribution in [0, 0.1) is 10.1 Å². The molecule has 3 heterocycles. The molecule has 2 aromatic heterocycles. The second-order valence-corrected chi connectivity index (χ2v) is 13.7. The first-order valence-corrected chi connectivity index (χ1v) is 17.0. The van der Waals surface area contributed by atoms with Crippen molar-refractivity contribution in [1.29, 1.82) is 0 Å². The molecule has 25 nitrogen and oxygen atoms in total. The molecule has 1 aliphatic heterocycles. The highest BCUT2D eigenvalue weighted by Gasteiger charge is 2.49. The van der Waals surface area contributed by atoms with Crippen LogP contribution < -0.4 is 5.73 Å². The quantitative estimate of drug-likeness (QED) is 0.0260. The summed E-state index contributed by atoms with van der Waals surface area (Å²) in [5.41, 5.74) is 14.0. The summed E-state index contributed by atoms with van der Waals surface area (Å²) in [7, 11) is -17.2. The zero-order valence-corrected chi connectivity index (χ0v) is 25.7. The number of hydrogen-bond donors (Lipinski definition) is 6. The van der Waals surface area contributed by atoms with Gasteiger partial charge < -0.3 is 39.9 Å². The van der Waals surface area contributed by atoms with E-state index in [0.717, 1.165) is 23.3 Å². The molecule has 6 atom stereocenters. The first kappa shape index (κ1) is 35.9. The van der Waals surface area contributed by atoms with Crippen LogP contribution in [-0.2, 0) is 47.5 Å². The Morgan fingerprint density at radius 1 is 1.17 bits per heavy atom. The normalized spacial score (nSPS) is 22.2. The third-order valence-electron chi connectivity index (χ3n) is 6.08. The van der Waals surface area contributed by atoms with E-state index in [4.69, 9.17) is 30.5 Å². The average Bonchev–Trinajstić information content (AvgIpc) is 3.51. The van der Waals surface area contributed by atoms with Gasteiger partial charge in [0, 0.05) is 28.6 Å². The number of aromatic nitrogens is 4. The third-order valence-corrected chi connectivity index (χ3v) is 9.88. The number of phosphoric ester groups is 1. The molecule has 6 unspecified atom stereocenters. The number of nitrogens with zero attached hydrogens (tertiary/aromatic N) is 8. The highest BCUT2D eigenvalue weighted by atomic mass is 31.3. The van der Waals surface area contributed by atoms with E-state index in [9.17, 15) is 43.5 Å². The number of aliphatic hydroxyl groups excluding tert-OH is 1. The number of nitrogens with two attached hydrogens (primary N) is 1. The standard InChI is InChI=1S/C19H22N9O16P3/c20-17-14-18(23-7-22-17)27(8-24-14)19-15(30)16(12(41-19)6-40-46(36,37)44-47(38,39)43-45(33,34)35)42-13(29)4-2-9-1-3-10(25-26-21)5-11(9)28(31)32/h1,3,5,7-8,12,15-16,19,30H,2,4,6H2,(H,36,37)(H,38,39)(H2,20,22,23)(H2,33,34,35). The smallest absolute Gasteiger partial charge is 0.457 e. The largest absolute Gasteiger partial charge is 0.490 e. The van der Waals surface area contributed by atoms with E-state index >= 15 is 0 Å². The maximum Gasteiger partial charge on any atom is 0.490 e. The number of azide groups is 1.